The largest absolute Gasteiger partial charge is 0.507 e. The van der Waals surface area contributed by atoms with E-state index in [4.69, 9.17) is 14.2 Å². The van der Waals surface area contributed by atoms with E-state index >= 15 is 0 Å². The van der Waals surface area contributed by atoms with Gasteiger partial charge in [-0.05, 0) is 44.1 Å². The molecule has 0 aromatic heterocycles. The van der Waals surface area contributed by atoms with Crippen LogP contribution in [0.3, 0.4) is 0 Å². The van der Waals surface area contributed by atoms with E-state index in [2.05, 4.69) is 32.8 Å². The van der Waals surface area contributed by atoms with Gasteiger partial charge in [-0.25, -0.2) is 0 Å². The van der Waals surface area contributed by atoms with Crippen molar-refractivity contribution in [3.63, 3.8) is 0 Å². The third-order valence-electron chi connectivity index (χ3n) is 6.26. The lowest BCUT2D eigenvalue weighted by Crippen LogP contribution is -2.44. The zero-order valence-electron chi connectivity index (χ0n) is 19.2. The van der Waals surface area contributed by atoms with Gasteiger partial charge in [-0.2, -0.15) is 0 Å². The lowest BCUT2D eigenvalue weighted by molar-refractivity contribution is 0.0835. The van der Waals surface area contributed by atoms with E-state index in [-0.39, 0.29) is 29.3 Å². The van der Waals surface area contributed by atoms with Gasteiger partial charge in [0.25, 0.3) is 0 Å². The van der Waals surface area contributed by atoms with Crippen molar-refractivity contribution < 1.29 is 24.1 Å². The molecule has 2 aromatic carbocycles. The number of halogens is 1. The van der Waals surface area contributed by atoms with E-state index in [9.17, 15) is 9.90 Å². The number of phenolic OH excluding ortho intramolecular Hbond substituents is 1. The molecule has 33 heavy (non-hydrogen) atoms. The summed E-state index contributed by atoms with van der Waals surface area (Å²) in [6.45, 7) is 5.98. The summed E-state index contributed by atoms with van der Waals surface area (Å²) < 4.78 is 18.7. The number of nitrogens with zero attached hydrogens (tertiary/aromatic N) is 2. The molecule has 1 atom stereocenters. The lowest BCUT2D eigenvalue weighted by atomic mass is 9.95. The molecule has 2 heterocycles. The number of unbranched alkanes of at least 4 members (excludes halogenated alkanes) is 1. The molecule has 8 heteroatoms. The zero-order chi connectivity index (χ0) is 23.4. The third kappa shape index (κ3) is 5.62. The molecule has 2 aromatic rings. The molecule has 1 unspecified atom stereocenters. The molecule has 0 spiro atoms. The first-order valence-electron chi connectivity index (χ1n) is 11.4. The maximum atomic E-state index is 12.9. The summed E-state index contributed by atoms with van der Waals surface area (Å²) in [6, 6.07) is 9.11. The molecular formula is C25H31BrN2O5. The minimum atomic E-state index is -0.453. The van der Waals surface area contributed by atoms with Crippen LogP contribution in [0.5, 0.6) is 23.0 Å². The monoisotopic (exact) mass is 518 g/mol. The van der Waals surface area contributed by atoms with Gasteiger partial charge in [-0.15, -0.1) is 0 Å². The molecule has 0 saturated carbocycles. The third-order valence-corrected chi connectivity index (χ3v) is 6.79. The molecule has 2 aliphatic heterocycles. The second kappa shape index (κ2) is 10.8. The van der Waals surface area contributed by atoms with Crippen LogP contribution in [0, 0.1) is 0 Å². The number of carbonyl (C=O) groups excluding carboxylic acids is 1. The van der Waals surface area contributed by atoms with E-state index in [1.807, 2.05) is 24.3 Å². The summed E-state index contributed by atoms with van der Waals surface area (Å²) in [5, 5.41) is 10.6. The molecular weight excluding hydrogens is 488 g/mol. The number of carbonyl (C=O) groups is 1. The average molecular weight is 519 g/mol. The fraction of sp³-hybridized carbons (Fsp3) is 0.480. The number of fused-ring (bicyclic) bond motifs is 1. The van der Waals surface area contributed by atoms with Crippen molar-refractivity contribution in [3.8, 4) is 23.0 Å². The Bertz CT molecular complexity index is 974. The van der Waals surface area contributed by atoms with Gasteiger partial charge in [-0.3, -0.25) is 4.79 Å². The van der Waals surface area contributed by atoms with Crippen molar-refractivity contribution in [2.45, 2.75) is 25.4 Å². The van der Waals surface area contributed by atoms with Crippen molar-refractivity contribution in [2.75, 3.05) is 53.5 Å². The quantitative estimate of drug-likeness (QED) is 0.523. The number of rotatable bonds is 8. The summed E-state index contributed by atoms with van der Waals surface area (Å²) >= 11 is 3.43. The van der Waals surface area contributed by atoms with Gasteiger partial charge in [-0.1, -0.05) is 28.1 Å². The van der Waals surface area contributed by atoms with Crippen LogP contribution in [0.15, 0.2) is 34.8 Å². The van der Waals surface area contributed by atoms with Crippen LogP contribution in [0.2, 0.25) is 0 Å². The number of aromatic hydroxyl groups is 1. The second-order valence-electron chi connectivity index (χ2n) is 8.62. The van der Waals surface area contributed by atoms with Crippen LogP contribution in [0.4, 0.5) is 0 Å². The summed E-state index contributed by atoms with van der Waals surface area (Å²) in [7, 11) is 3.68. The molecule has 0 amide bonds. The van der Waals surface area contributed by atoms with E-state index in [1.54, 1.807) is 0 Å². The zero-order valence-corrected chi connectivity index (χ0v) is 20.8. The number of methoxy groups -OCH3 is 1. The molecule has 1 fully saturated rings. The predicted octanol–water partition coefficient (Wildman–Crippen LogP) is 4.28. The van der Waals surface area contributed by atoms with Crippen molar-refractivity contribution in [1.82, 2.24) is 9.80 Å². The Morgan fingerprint density at radius 2 is 1.88 bits per heavy atom. The summed E-state index contributed by atoms with van der Waals surface area (Å²) in [5.74, 6) is 0.653. The van der Waals surface area contributed by atoms with E-state index in [0.717, 1.165) is 55.6 Å². The van der Waals surface area contributed by atoms with Gasteiger partial charge >= 0.3 is 0 Å². The highest BCUT2D eigenvalue weighted by molar-refractivity contribution is 9.10. The van der Waals surface area contributed by atoms with Crippen molar-refractivity contribution in [3.05, 3.63) is 45.9 Å². The number of benzene rings is 2. The number of phenols is 1. The SMILES string of the molecule is COc1c(OCCCCN2CCN(C)CC2)cc(O)c2c1OC(c1ccc(Br)cc1)CC2=O. The van der Waals surface area contributed by atoms with E-state index < -0.39 is 6.10 Å². The maximum Gasteiger partial charge on any atom is 0.204 e. The van der Waals surface area contributed by atoms with E-state index in [0.29, 0.717) is 18.1 Å². The number of hydrogen-bond donors (Lipinski definition) is 1. The molecule has 178 valence electrons. The van der Waals surface area contributed by atoms with Gasteiger partial charge in [0, 0.05) is 36.7 Å². The van der Waals surface area contributed by atoms with Crippen LogP contribution in [-0.2, 0) is 0 Å². The molecule has 7 nitrogen and oxygen atoms in total. The van der Waals surface area contributed by atoms with Gasteiger partial charge < -0.3 is 29.1 Å². The minimum Gasteiger partial charge on any atom is -0.507 e. The van der Waals surface area contributed by atoms with Crippen molar-refractivity contribution in [1.29, 1.82) is 0 Å². The lowest BCUT2D eigenvalue weighted by Gasteiger charge is -2.32. The molecule has 1 saturated heterocycles. The van der Waals surface area contributed by atoms with Gasteiger partial charge in [0.15, 0.2) is 17.3 Å². The van der Waals surface area contributed by atoms with E-state index in [1.165, 1.54) is 13.2 Å². The first-order chi connectivity index (χ1) is 16.0. The van der Waals surface area contributed by atoms with Crippen LogP contribution in [0.1, 0.15) is 41.3 Å². The highest BCUT2D eigenvalue weighted by Crippen LogP contribution is 2.50. The highest BCUT2D eigenvalue weighted by atomic mass is 79.9. The summed E-state index contributed by atoms with van der Waals surface area (Å²) in [6.07, 6.45) is 1.61. The topological polar surface area (TPSA) is 71.5 Å². The number of likely N-dealkylation sites (N-methyl/N-ethyl adjacent to an activating group) is 1. The van der Waals surface area contributed by atoms with Crippen LogP contribution in [0.25, 0.3) is 0 Å². The van der Waals surface area contributed by atoms with Crippen LogP contribution < -0.4 is 14.2 Å². The molecule has 0 radical (unpaired) electrons. The highest BCUT2D eigenvalue weighted by Gasteiger charge is 2.34. The van der Waals surface area contributed by atoms with Gasteiger partial charge in [0.1, 0.15) is 17.4 Å². The van der Waals surface area contributed by atoms with Gasteiger partial charge in [0.05, 0.1) is 20.1 Å². The maximum absolute atomic E-state index is 12.9. The Balaban J connectivity index is 1.42. The number of ketones is 1. The van der Waals surface area contributed by atoms with Gasteiger partial charge in [0.2, 0.25) is 5.75 Å². The Labute approximate surface area is 203 Å². The minimum absolute atomic E-state index is 0.141. The molecule has 2 aliphatic rings. The summed E-state index contributed by atoms with van der Waals surface area (Å²) in [4.78, 5) is 17.7. The Hall–Kier alpha value is -2.29. The number of piperazine rings is 1. The molecule has 4 rings (SSSR count). The second-order valence-corrected chi connectivity index (χ2v) is 9.53. The Morgan fingerprint density at radius 3 is 2.58 bits per heavy atom. The Morgan fingerprint density at radius 1 is 1.15 bits per heavy atom. The number of hydrogen-bond acceptors (Lipinski definition) is 7. The summed E-state index contributed by atoms with van der Waals surface area (Å²) in [5.41, 5.74) is 1.04. The normalized spacial score (nSPS) is 19.1. The van der Waals surface area contributed by atoms with Crippen molar-refractivity contribution >= 4 is 21.7 Å². The number of Topliss-reactive ketones (excluding diaryl/α,β-unsaturated/α-hetero) is 1. The first-order valence-corrected chi connectivity index (χ1v) is 12.2. The molecule has 0 aliphatic carbocycles. The standard InChI is InChI=1S/C25H31BrN2O5/c1-27-10-12-28(13-11-27)9-3-4-14-32-22-16-20(30)23-19(29)15-21(33-25(23)24(22)31-2)17-5-7-18(26)8-6-17/h5-8,16,21,30H,3-4,9-15H2,1-2H3. The van der Waals surface area contributed by atoms with Crippen LogP contribution in [-0.4, -0.2) is 74.2 Å². The molecule has 0 bridgehead atoms. The smallest absolute Gasteiger partial charge is 0.204 e. The molecule has 1 N–H and O–H groups in total. The first kappa shape index (κ1) is 23.9. The average Bonchev–Trinajstić information content (AvgIpc) is 2.80. The Kier molecular flexibility index (Phi) is 7.78. The number of ether oxygens (including phenoxy) is 3. The fourth-order valence-electron chi connectivity index (χ4n) is 4.29. The van der Waals surface area contributed by atoms with Crippen LogP contribution >= 0.6 is 15.9 Å². The predicted molar refractivity (Wildman–Crippen MR) is 130 cm³/mol. The van der Waals surface area contributed by atoms with Crippen molar-refractivity contribution in [2.24, 2.45) is 0 Å². The fourth-order valence-corrected chi connectivity index (χ4v) is 4.56.